The number of nitrogens with zero attached hydrogens (tertiary/aromatic N) is 4. The average molecular weight is 411 g/mol. The van der Waals surface area contributed by atoms with Gasteiger partial charge in [-0.3, -0.25) is 0 Å². The Balaban J connectivity index is 1.25. The minimum absolute atomic E-state index is 0.0703. The van der Waals surface area contributed by atoms with Crippen LogP contribution in [0, 0.1) is 13.5 Å². The fourth-order valence-electron chi connectivity index (χ4n) is 4.49. The minimum atomic E-state index is 0.0703. The minimum Gasteiger partial charge on any atom is -0.487 e. The van der Waals surface area contributed by atoms with Crippen LogP contribution in [0.4, 0.5) is 5.95 Å². The molecule has 0 N–H and O–H groups in total. The summed E-state index contributed by atoms with van der Waals surface area (Å²) in [4.78, 5) is 14.5. The molecular weight excluding hydrogens is 384 g/mol. The molecule has 2 fully saturated rings. The van der Waals surface area contributed by atoms with E-state index in [1.54, 1.807) is 6.20 Å². The molecule has 5 heteroatoms. The number of aryl methyl sites for hydroxylation is 1. The molecule has 31 heavy (non-hydrogen) atoms. The van der Waals surface area contributed by atoms with E-state index in [-0.39, 0.29) is 11.5 Å². The van der Waals surface area contributed by atoms with Crippen LogP contribution in [0.15, 0.2) is 60.8 Å². The summed E-state index contributed by atoms with van der Waals surface area (Å²) in [5.74, 6) is 1.53. The van der Waals surface area contributed by atoms with Crippen molar-refractivity contribution in [2.24, 2.45) is 0 Å². The largest absolute Gasteiger partial charge is 0.487 e. The SMILES string of the molecule is [C-]#[N+]C1CN(c2nccc(COc3ccc(C4(c5ccc(C)cc5)CCC4)cc3)n2)C1. The molecule has 1 aliphatic heterocycles. The van der Waals surface area contributed by atoms with Crippen LogP contribution >= 0.6 is 0 Å². The van der Waals surface area contributed by atoms with Crippen LogP contribution in [-0.4, -0.2) is 29.1 Å². The van der Waals surface area contributed by atoms with Gasteiger partial charge in [0.05, 0.1) is 18.8 Å². The van der Waals surface area contributed by atoms with Crippen molar-refractivity contribution in [2.45, 2.75) is 44.2 Å². The molecule has 2 aliphatic rings. The number of rotatable bonds is 6. The smallest absolute Gasteiger partial charge is 0.258 e. The van der Waals surface area contributed by atoms with E-state index in [0.717, 1.165) is 11.4 Å². The van der Waals surface area contributed by atoms with Crippen molar-refractivity contribution in [3.8, 4) is 5.75 Å². The lowest BCUT2D eigenvalue weighted by Crippen LogP contribution is -2.50. The van der Waals surface area contributed by atoms with E-state index >= 15 is 0 Å². The molecule has 0 amide bonds. The second kappa shape index (κ2) is 8.03. The molecule has 1 saturated carbocycles. The van der Waals surface area contributed by atoms with Crippen molar-refractivity contribution in [3.05, 3.63) is 94.6 Å². The standard InChI is InChI=1S/C26H26N4O/c1-19-4-6-20(7-5-19)26(13-3-14-26)21-8-10-24(11-9-21)31-18-22-12-15-28-25(29-22)30-16-23(17-30)27-2/h4-12,15,23H,3,13-14,16-18H2,1H3. The van der Waals surface area contributed by atoms with Crippen molar-refractivity contribution in [1.29, 1.82) is 0 Å². The molecule has 5 rings (SSSR count). The number of hydrogen-bond acceptors (Lipinski definition) is 4. The summed E-state index contributed by atoms with van der Waals surface area (Å²) in [5, 5.41) is 0. The Kier molecular flexibility index (Phi) is 5.07. The van der Waals surface area contributed by atoms with Gasteiger partial charge in [0.25, 0.3) is 6.04 Å². The van der Waals surface area contributed by atoms with E-state index < -0.39 is 0 Å². The Morgan fingerprint density at radius 1 is 1.03 bits per heavy atom. The van der Waals surface area contributed by atoms with Gasteiger partial charge >= 0.3 is 0 Å². The van der Waals surface area contributed by atoms with Gasteiger partial charge in [-0.1, -0.05) is 48.4 Å². The molecule has 0 atom stereocenters. The topological polar surface area (TPSA) is 42.6 Å². The maximum absolute atomic E-state index is 7.08. The first-order valence-electron chi connectivity index (χ1n) is 10.9. The quantitative estimate of drug-likeness (QED) is 0.540. The van der Waals surface area contributed by atoms with Gasteiger partial charge in [-0.05, 0) is 49.1 Å². The summed E-state index contributed by atoms with van der Waals surface area (Å²) in [6, 6.07) is 19.5. The summed E-state index contributed by atoms with van der Waals surface area (Å²) in [5.41, 5.74) is 5.07. The third-order valence-electron chi connectivity index (χ3n) is 6.63. The zero-order valence-electron chi connectivity index (χ0n) is 17.8. The van der Waals surface area contributed by atoms with Gasteiger partial charge in [0, 0.05) is 11.6 Å². The highest BCUT2D eigenvalue weighted by Gasteiger charge is 2.40. The van der Waals surface area contributed by atoms with Crippen molar-refractivity contribution in [3.63, 3.8) is 0 Å². The second-order valence-corrected chi connectivity index (χ2v) is 8.65. The van der Waals surface area contributed by atoms with E-state index in [9.17, 15) is 0 Å². The molecule has 5 nitrogen and oxygen atoms in total. The van der Waals surface area contributed by atoms with Gasteiger partial charge < -0.3 is 14.5 Å². The lowest BCUT2D eigenvalue weighted by atomic mass is 9.60. The van der Waals surface area contributed by atoms with Crippen LogP contribution in [0.5, 0.6) is 5.75 Å². The van der Waals surface area contributed by atoms with Crippen LogP contribution in [0.3, 0.4) is 0 Å². The van der Waals surface area contributed by atoms with Crippen LogP contribution in [0.25, 0.3) is 4.85 Å². The van der Waals surface area contributed by atoms with Crippen LogP contribution in [-0.2, 0) is 12.0 Å². The van der Waals surface area contributed by atoms with E-state index in [1.807, 2.05) is 11.0 Å². The Labute approximate surface area is 183 Å². The number of anilines is 1. The Morgan fingerprint density at radius 3 is 2.32 bits per heavy atom. The first-order chi connectivity index (χ1) is 15.2. The zero-order chi connectivity index (χ0) is 21.3. The van der Waals surface area contributed by atoms with E-state index in [1.165, 1.54) is 36.0 Å². The normalized spacial score (nSPS) is 17.4. The highest BCUT2D eigenvalue weighted by molar-refractivity contribution is 5.44. The Bertz CT molecular complexity index is 1090. The molecule has 1 aliphatic carbocycles. The summed E-state index contributed by atoms with van der Waals surface area (Å²) < 4.78 is 6.00. The van der Waals surface area contributed by atoms with E-state index in [4.69, 9.17) is 11.3 Å². The molecule has 156 valence electrons. The van der Waals surface area contributed by atoms with Crippen molar-refractivity contribution in [1.82, 2.24) is 9.97 Å². The third kappa shape index (κ3) is 3.74. The fraction of sp³-hybridized carbons (Fsp3) is 0.346. The van der Waals surface area contributed by atoms with Crippen LogP contribution < -0.4 is 9.64 Å². The van der Waals surface area contributed by atoms with Gasteiger partial charge in [0.15, 0.2) is 0 Å². The predicted molar refractivity (Wildman–Crippen MR) is 121 cm³/mol. The number of benzene rings is 2. The van der Waals surface area contributed by atoms with Gasteiger partial charge in [0.2, 0.25) is 5.95 Å². The first-order valence-corrected chi connectivity index (χ1v) is 10.9. The molecular formula is C26H26N4O. The molecule has 1 aromatic heterocycles. The highest BCUT2D eigenvalue weighted by atomic mass is 16.5. The lowest BCUT2D eigenvalue weighted by Gasteiger charge is -2.43. The van der Waals surface area contributed by atoms with E-state index in [0.29, 0.717) is 25.6 Å². The summed E-state index contributed by atoms with van der Waals surface area (Å²) in [6.45, 7) is 11.0. The Hall–Kier alpha value is -3.39. The summed E-state index contributed by atoms with van der Waals surface area (Å²) in [7, 11) is 0. The molecule has 0 unspecified atom stereocenters. The van der Waals surface area contributed by atoms with E-state index in [2.05, 4.69) is 70.3 Å². The van der Waals surface area contributed by atoms with Gasteiger partial charge in [0.1, 0.15) is 12.4 Å². The van der Waals surface area contributed by atoms with Crippen LogP contribution in [0.2, 0.25) is 0 Å². The number of hydrogen-bond donors (Lipinski definition) is 0. The number of ether oxygens (including phenoxy) is 1. The molecule has 0 spiro atoms. The predicted octanol–water partition coefficient (Wildman–Crippen LogP) is 4.94. The maximum atomic E-state index is 7.08. The molecule has 1 saturated heterocycles. The summed E-state index contributed by atoms with van der Waals surface area (Å²) in [6.07, 6.45) is 5.43. The van der Waals surface area contributed by atoms with Crippen LogP contribution in [0.1, 0.15) is 41.6 Å². The molecule has 0 radical (unpaired) electrons. The molecule has 0 bridgehead atoms. The molecule has 2 aromatic carbocycles. The molecule has 3 aromatic rings. The van der Waals surface area contributed by atoms with Gasteiger partial charge in [-0.25, -0.2) is 16.5 Å². The third-order valence-corrected chi connectivity index (χ3v) is 6.63. The monoisotopic (exact) mass is 410 g/mol. The maximum Gasteiger partial charge on any atom is 0.258 e. The fourth-order valence-corrected chi connectivity index (χ4v) is 4.49. The first kappa shape index (κ1) is 19.6. The van der Waals surface area contributed by atoms with Crippen molar-refractivity contribution >= 4 is 5.95 Å². The Morgan fingerprint density at radius 2 is 1.71 bits per heavy atom. The van der Waals surface area contributed by atoms with Gasteiger partial charge in [-0.2, -0.15) is 0 Å². The van der Waals surface area contributed by atoms with Crippen molar-refractivity contribution < 1.29 is 4.74 Å². The zero-order valence-corrected chi connectivity index (χ0v) is 17.8. The van der Waals surface area contributed by atoms with Gasteiger partial charge in [-0.15, -0.1) is 0 Å². The molecule has 2 heterocycles. The number of aromatic nitrogens is 2. The average Bonchev–Trinajstić information content (AvgIpc) is 2.73. The summed E-state index contributed by atoms with van der Waals surface area (Å²) >= 11 is 0. The second-order valence-electron chi connectivity index (χ2n) is 8.65. The highest BCUT2D eigenvalue weighted by Crippen LogP contribution is 2.49. The lowest BCUT2D eigenvalue weighted by molar-refractivity contribution is 0.294. The van der Waals surface area contributed by atoms with Crippen molar-refractivity contribution in [2.75, 3.05) is 18.0 Å².